The fourth-order valence-electron chi connectivity index (χ4n) is 3.48. The molecule has 4 aromatic rings. The van der Waals surface area contributed by atoms with E-state index in [0.717, 1.165) is 22.5 Å². The van der Waals surface area contributed by atoms with Crippen LogP contribution in [-0.2, 0) is 17.8 Å². The van der Waals surface area contributed by atoms with Crippen molar-refractivity contribution in [3.05, 3.63) is 82.7 Å². The summed E-state index contributed by atoms with van der Waals surface area (Å²) in [6, 6.07) is 11.3. The minimum Gasteiger partial charge on any atom is -0.439 e. The summed E-state index contributed by atoms with van der Waals surface area (Å²) in [5.74, 6) is 0.433. The summed E-state index contributed by atoms with van der Waals surface area (Å²) >= 11 is 0. The Balaban J connectivity index is 1.32. The molecule has 0 radical (unpaired) electrons. The van der Waals surface area contributed by atoms with E-state index in [-0.39, 0.29) is 11.7 Å². The number of halogens is 1. The smallest absolute Gasteiger partial charge is 0.220 e. The average Bonchev–Trinajstić information content (AvgIpc) is 3.23. The van der Waals surface area contributed by atoms with E-state index in [1.807, 2.05) is 19.9 Å². The van der Waals surface area contributed by atoms with Gasteiger partial charge >= 0.3 is 0 Å². The van der Waals surface area contributed by atoms with Gasteiger partial charge in [-0.2, -0.15) is 10.4 Å². The number of benzene rings is 1. The van der Waals surface area contributed by atoms with Gasteiger partial charge in [-0.1, -0.05) is 6.07 Å². The Morgan fingerprint density at radius 3 is 2.67 bits per heavy atom. The van der Waals surface area contributed by atoms with Crippen LogP contribution < -0.4 is 10.1 Å². The van der Waals surface area contributed by atoms with Crippen molar-refractivity contribution in [1.29, 1.82) is 5.26 Å². The van der Waals surface area contributed by atoms with Crippen molar-refractivity contribution in [3.8, 4) is 17.7 Å². The van der Waals surface area contributed by atoms with Crippen molar-refractivity contribution in [2.24, 2.45) is 0 Å². The molecule has 4 rings (SSSR count). The summed E-state index contributed by atoms with van der Waals surface area (Å²) in [6.07, 6.45) is 3.92. The van der Waals surface area contributed by atoms with Crippen LogP contribution in [0.2, 0.25) is 0 Å². The fourth-order valence-corrected chi connectivity index (χ4v) is 3.48. The molecule has 1 aromatic carbocycles. The van der Waals surface area contributed by atoms with Gasteiger partial charge in [-0.05, 0) is 55.7 Å². The number of nitriles is 1. The lowest BCUT2D eigenvalue weighted by Gasteiger charge is -2.11. The fraction of sp³-hybridized carbons (Fsp3) is 0.208. The molecule has 0 aliphatic heterocycles. The highest BCUT2D eigenvalue weighted by Crippen LogP contribution is 2.20. The molecule has 1 amide bonds. The Bertz CT molecular complexity index is 1340. The summed E-state index contributed by atoms with van der Waals surface area (Å²) < 4.78 is 20.2. The van der Waals surface area contributed by atoms with Crippen LogP contribution in [0.4, 0.5) is 4.39 Å². The number of aromatic nitrogens is 4. The van der Waals surface area contributed by atoms with Crippen molar-refractivity contribution in [2.75, 3.05) is 0 Å². The van der Waals surface area contributed by atoms with Crippen LogP contribution >= 0.6 is 0 Å². The summed E-state index contributed by atoms with van der Waals surface area (Å²) in [4.78, 5) is 21.1. The molecule has 0 unspecified atom stereocenters. The van der Waals surface area contributed by atoms with Gasteiger partial charge in [-0.3, -0.25) is 4.79 Å². The predicted octanol–water partition coefficient (Wildman–Crippen LogP) is 3.79. The number of pyridine rings is 1. The van der Waals surface area contributed by atoms with Gasteiger partial charge in [0.1, 0.15) is 23.2 Å². The van der Waals surface area contributed by atoms with Crippen LogP contribution in [0.15, 0.2) is 48.8 Å². The Morgan fingerprint density at radius 2 is 1.97 bits per heavy atom. The lowest BCUT2D eigenvalue weighted by molar-refractivity contribution is -0.121. The Morgan fingerprint density at radius 1 is 1.18 bits per heavy atom. The first-order valence-corrected chi connectivity index (χ1v) is 10.3. The van der Waals surface area contributed by atoms with Crippen LogP contribution in [0.1, 0.15) is 34.5 Å². The Labute approximate surface area is 189 Å². The number of carbonyl (C=O) groups is 1. The first-order chi connectivity index (χ1) is 15.9. The molecule has 0 fully saturated rings. The van der Waals surface area contributed by atoms with Crippen LogP contribution in [0.3, 0.4) is 0 Å². The van der Waals surface area contributed by atoms with Gasteiger partial charge < -0.3 is 10.1 Å². The van der Waals surface area contributed by atoms with Gasteiger partial charge in [0, 0.05) is 36.6 Å². The summed E-state index contributed by atoms with van der Waals surface area (Å²) in [5, 5.41) is 16.3. The number of hydrogen-bond donors (Lipinski definition) is 1. The lowest BCUT2D eigenvalue weighted by atomic mass is 10.1. The predicted molar refractivity (Wildman–Crippen MR) is 118 cm³/mol. The molecule has 0 spiro atoms. The van der Waals surface area contributed by atoms with Crippen LogP contribution in [0.5, 0.6) is 11.6 Å². The number of nitrogens with zero attached hydrogens (tertiary/aromatic N) is 5. The number of ether oxygens (including phenoxy) is 1. The highest BCUT2D eigenvalue weighted by atomic mass is 19.1. The minimum absolute atomic E-state index is 0.0984. The third kappa shape index (κ3) is 4.96. The molecule has 3 aromatic heterocycles. The van der Waals surface area contributed by atoms with E-state index in [0.29, 0.717) is 42.2 Å². The van der Waals surface area contributed by atoms with Crippen LogP contribution in [0.25, 0.3) is 5.65 Å². The Kier molecular flexibility index (Phi) is 6.26. The monoisotopic (exact) mass is 444 g/mol. The molecule has 0 atom stereocenters. The number of hydrogen-bond acceptors (Lipinski definition) is 6. The highest BCUT2D eigenvalue weighted by molar-refractivity contribution is 5.76. The van der Waals surface area contributed by atoms with Crippen molar-refractivity contribution >= 4 is 11.6 Å². The number of amides is 1. The van der Waals surface area contributed by atoms with E-state index in [9.17, 15) is 14.4 Å². The standard InChI is InChI=1S/C24H21FN6O2/c1-15-21(16(2)31-24(30-15)18(11-26)14-29-31)8-9-22(32)27-12-17-3-10-23(28-13-17)33-20-6-4-19(25)5-7-20/h3-7,10,13-14H,8-9,12H2,1-2H3,(H,27,32). The summed E-state index contributed by atoms with van der Waals surface area (Å²) in [6.45, 7) is 4.11. The number of carbonyl (C=O) groups excluding carboxylic acids is 1. The van der Waals surface area contributed by atoms with E-state index < -0.39 is 0 Å². The first-order valence-electron chi connectivity index (χ1n) is 10.3. The summed E-state index contributed by atoms with van der Waals surface area (Å²) in [7, 11) is 0. The number of fused-ring (bicyclic) bond motifs is 1. The zero-order valence-electron chi connectivity index (χ0n) is 18.2. The van der Waals surface area contributed by atoms with Crippen molar-refractivity contribution in [3.63, 3.8) is 0 Å². The molecule has 0 saturated carbocycles. The van der Waals surface area contributed by atoms with Crippen molar-refractivity contribution in [1.82, 2.24) is 24.9 Å². The Hall–Kier alpha value is -4.32. The molecule has 0 aliphatic carbocycles. The molecule has 3 heterocycles. The minimum atomic E-state index is -0.335. The van der Waals surface area contributed by atoms with Gasteiger partial charge in [0.05, 0.1) is 6.20 Å². The second-order valence-electron chi connectivity index (χ2n) is 7.50. The number of nitrogens with one attached hydrogen (secondary N) is 1. The van der Waals surface area contributed by atoms with Gasteiger partial charge in [-0.25, -0.2) is 18.9 Å². The highest BCUT2D eigenvalue weighted by Gasteiger charge is 2.14. The maximum absolute atomic E-state index is 13.0. The largest absolute Gasteiger partial charge is 0.439 e. The van der Waals surface area contributed by atoms with E-state index in [4.69, 9.17) is 4.74 Å². The maximum atomic E-state index is 13.0. The molecule has 0 bridgehead atoms. The molecule has 9 heteroatoms. The zero-order chi connectivity index (χ0) is 23.4. The van der Waals surface area contributed by atoms with E-state index in [1.54, 1.807) is 16.8 Å². The molecule has 1 N–H and O–H groups in total. The van der Waals surface area contributed by atoms with Gasteiger partial charge in [0.15, 0.2) is 5.65 Å². The van der Waals surface area contributed by atoms with E-state index >= 15 is 0 Å². The molecule has 166 valence electrons. The second kappa shape index (κ2) is 9.44. The quantitative estimate of drug-likeness (QED) is 0.465. The summed E-state index contributed by atoms with van der Waals surface area (Å²) in [5.41, 5.74) is 4.37. The second-order valence-corrected chi connectivity index (χ2v) is 7.50. The lowest BCUT2D eigenvalue weighted by Crippen LogP contribution is -2.23. The van der Waals surface area contributed by atoms with Crippen molar-refractivity contribution < 1.29 is 13.9 Å². The SMILES string of the molecule is Cc1nc2c(C#N)cnn2c(C)c1CCC(=O)NCc1ccc(Oc2ccc(F)cc2)nc1. The van der Waals surface area contributed by atoms with Crippen LogP contribution in [-0.4, -0.2) is 25.5 Å². The number of aryl methyl sites for hydroxylation is 2. The van der Waals surface area contributed by atoms with Gasteiger partial charge in [0.25, 0.3) is 0 Å². The molecular formula is C24H21FN6O2. The molecule has 0 saturated heterocycles. The van der Waals surface area contributed by atoms with E-state index in [2.05, 4.69) is 26.5 Å². The van der Waals surface area contributed by atoms with Gasteiger partial charge in [0.2, 0.25) is 11.8 Å². The third-order valence-corrected chi connectivity index (χ3v) is 5.25. The normalized spacial score (nSPS) is 10.7. The third-order valence-electron chi connectivity index (χ3n) is 5.25. The average molecular weight is 444 g/mol. The van der Waals surface area contributed by atoms with E-state index in [1.165, 1.54) is 30.5 Å². The van der Waals surface area contributed by atoms with Gasteiger partial charge in [-0.15, -0.1) is 0 Å². The topological polar surface area (TPSA) is 105 Å². The first kappa shape index (κ1) is 21.9. The van der Waals surface area contributed by atoms with Crippen LogP contribution in [0, 0.1) is 31.0 Å². The molecule has 33 heavy (non-hydrogen) atoms. The zero-order valence-corrected chi connectivity index (χ0v) is 18.2. The molecule has 8 nitrogen and oxygen atoms in total. The van der Waals surface area contributed by atoms with Crippen molar-refractivity contribution in [2.45, 2.75) is 33.2 Å². The number of rotatable bonds is 7. The molecular weight excluding hydrogens is 423 g/mol. The maximum Gasteiger partial charge on any atom is 0.220 e. The molecule has 0 aliphatic rings.